The number of carbonyl (C=O) groups excluding carboxylic acids is 2. The summed E-state index contributed by atoms with van der Waals surface area (Å²) in [5.74, 6) is -0.256. The molecule has 0 saturated carbocycles. The fraction of sp³-hybridized carbons (Fsp3) is 0.182. The van der Waals surface area contributed by atoms with Crippen molar-refractivity contribution in [2.24, 2.45) is 5.92 Å². The van der Waals surface area contributed by atoms with Crippen LogP contribution in [-0.2, 0) is 9.59 Å². The van der Waals surface area contributed by atoms with Gasteiger partial charge in [0.1, 0.15) is 5.82 Å². The van der Waals surface area contributed by atoms with Crippen molar-refractivity contribution in [2.45, 2.75) is 19.4 Å². The number of carbonyl (C=O) groups is 2. The highest BCUT2D eigenvalue weighted by atomic mass is 32.1. The minimum Gasteiger partial charge on any atom is -0.310 e. The highest BCUT2D eigenvalue weighted by Crippen LogP contribution is 2.43. The summed E-state index contributed by atoms with van der Waals surface area (Å²) in [6, 6.07) is 14.9. The van der Waals surface area contributed by atoms with Crippen molar-refractivity contribution in [3.05, 3.63) is 76.7 Å². The SMILES string of the molecule is Cc1ccc(N2C(=O)CC(C(=O)Nc3ccnc4ccnn34)C2c2cccs2)cc1. The van der Waals surface area contributed by atoms with Crippen molar-refractivity contribution < 1.29 is 9.59 Å². The first-order chi connectivity index (χ1) is 14.6. The molecule has 1 saturated heterocycles. The van der Waals surface area contributed by atoms with Crippen LogP contribution in [0.15, 0.2) is 66.3 Å². The summed E-state index contributed by atoms with van der Waals surface area (Å²) in [7, 11) is 0. The maximum atomic E-state index is 13.3. The van der Waals surface area contributed by atoms with E-state index < -0.39 is 5.92 Å². The van der Waals surface area contributed by atoms with E-state index in [-0.39, 0.29) is 24.3 Å². The number of aryl methyl sites for hydroxylation is 1. The highest BCUT2D eigenvalue weighted by molar-refractivity contribution is 7.10. The Hall–Kier alpha value is -3.52. The molecule has 0 aliphatic carbocycles. The molecule has 5 rings (SSSR count). The van der Waals surface area contributed by atoms with Crippen LogP contribution in [0, 0.1) is 12.8 Å². The van der Waals surface area contributed by atoms with Gasteiger partial charge >= 0.3 is 0 Å². The average Bonchev–Trinajstić information content (AvgIpc) is 3.48. The summed E-state index contributed by atoms with van der Waals surface area (Å²) >= 11 is 1.55. The molecule has 2 atom stereocenters. The molecule has 1 fully saturated rings. The molecule has 4 heterocycles. The van der Waals surface area contributed by atoms with Crippen LogP contribution in [0.2, 0.25) is 0 Å². The van der Waals surface area contributed by atoms with E-state index in [2.05, 4.69) is 15.4 Å². The topological polar surface area (TPSA) is 79.6 Å². The molecule has 3 aromatic heterocycles. The van der Waals surface area contributed by atoms with Crippen LogP contribution in [-0.4, -0.2) is 26.4 Å². The molecule has 0 radical (unpaired) electrons. The van der Waals surface area contributed by atoms with Gasteiger partial charge in [-0.3, -0.25) is 9.59 Å². The molecular weight excluding hydrogens is 398 g/mol. The molecule has 1 aromatic carbocycles. The summed E-state index contributed by atoms with van der Waals surface area (Å²) in [6.07, 6.45) is 3.40. The molecule has 7 nitrogen and oxygen atoms in total. The molecule has 4 aromatic rings. The zero-order valence-corrected chi connectivity index (χ0v) is 17.0. The summed E-state index contributed by atoms with van der Waals surface area (Å²) < 4.78 is 1.58. The van der Waals surface area contributed by atoms with Crippen LogP contribution in [0.3, 0.4) is 0 Å². The van der Waals surface area contributed by atoms with Gasteiger partial charge in [-0.2, -0.15) is 9.61 Å². The van der Waals surface area contributed by atoms with E-state index in [1.54, 1.807) is 45.3 Å². The molecule has 0 spiro atoms. The first-order valence-corrected chi connectivity index (χ1v) is 10.5. The largest absolute Gasteiger partial charge is 0.310 e. The van der Waals surface area contributed by atoms with Gasteiger partial charge in [-0.15, -0.1) is 11.3 Å². The fourth-order valence-electron chi connectivity index (χ4n) is 3.91. The Morgan fingerprint density at radius 2 is 1.97 bits per heavy atom. The Balaban J connectivity index is 1.50. The molecule has 2 amide bonds. The number of rotatable bonds is 4. The third-order valence-electron chi connectivity index (χ3n) is 5.35. The number of fused-ring (bicyclic) bond motifs is 1. The lowest BCUT2D eigenvalue weighted by Crippen LogP contribution is -2.32. The van der Waals surface area contributed by atoms with Gasteiger partial charge < -0.3 is 10.2 Å². The van der Waals surface area contributed by atoms with E-state index in [9.17, 15) is 9.59 Å². The smallest absolute Gasteiger partial charge is 0.231 e. The van der Waals surface area contributed by atoms with Crippen LogP contribution in [0.5, 0.6) is 0 Å². The van der Waals surface area contributed by atoms with Gasteiger partial charge in [0.05, 0.1) is 18.2 Å². The zero-order valence-electron chi connectivity index (χ0n) is 16.2. The molecular formula is C22H19N5O2S. The zero-order chi connectivity index (χ0) is 20.7. The monoisotopic (exact) mass is 417 g/mol. The number of nitrogens with zero attached hydrogens (tertiary/aromatic N) is 4. The number of nitrogens with one attached hydrogen (secondary N) is 1. The maximum absolute atomic E-state index is 13.3. The number of aromatic nitrogens is 3. The second-order valence-corrected chi connectivity index (χ2v) is 8.27. The van der Waals surface area contributed by atoms with Crippen molar-refractivity contribution in [1.82, 2.24) is 14.6 Å². The number of amides is 2. The van der Waals surface area contributed by atoms with Crippen molar-refractivity contribution in [3.8, 4) is 0 Å². The molecule has 2 unspecified atom stereocenters. The van der Waals surface area contributed by atoms with Crippen LogP contribution >= 0.6 is 11.3 Å². The predicted molar refractivity (Wildman–Crippen MR) is 115 cm³/mol. The minimum absolute atomic E-state index is 0.0589. The van der Waals surface area contributed by atoms with E-state index in [4.69, 9.17) is 0 Å². The Labute approximate surface area is 177 Å². The number of anilines is 2. The Morgan fingerprint density at radius 1 is 1.13 bits per heavy atom. The number of benzene rings is 1. The van der Waals surface area contributed by atoms with Crippen LogP contribution in [0.4, 0.5) is 11.5 Å². The molecule has 30 heavy (non-hydrogen) atoms. The Morgan fingerprint density at radius 3 is 2.73 bits per heavy atom. The lowest BCUT2D eigenvalue weighted by molar-refractivity contribution is -0.122. The van der Waals surface area contributed by atoms with Crippen molar-refractivity contribution in [2.75, 3.05) is 10.2 Å². The lowest BCUT2D eigenvalue weighted by atomic mass is 9.97. The second-order valence-electron chi connectivity index (χ2n) is 7.29. The second kappa shape index (κ2) is 7.38. The number of hydrogen-bond donors (Lipinski definition) is 1. The summed E-state index contributed by atoms with van der Waals surface area (Å²) in [5.41, 5.74) is 2.57. The van der Waals surface area contributed by atoms with E-state index in [0.29, 0.717) is 11.5 Å². The maximum Gasteiger partial charge on any atom is 0.231 e. The standard InChI is InChI=1S/C22H19N5O2S/c1-14-4-6-15(7-5-14)26-20(28)13-16(21(26)17-3-2-12-30-17)22(29)25-19-8-10-23-18-9-11-24-27(18)19/h2-12,16,21H,13H2,1H3,(H,25,29). The predicted octanol–water partition coefficient (Wildman–Crippen LogP) is 3.83. The summed E-state index contributed by atoms with van der Waals surface area (Å²) in [6.45, 7) is 2.01. The van der Waals surface area contributed by atoms with Gasteiger partial charge in [0.15, 0.2) is 5.65 Å². The van der Waals surface area contributed by atoms with E-state index >= 15 is 0 Å². The van der Waals surface area contributed by atoms with E-state index in [1.807, 2.05) is 48.7 Å². The summed E-state index contributed by atoms with van der Waals surface area (Å²) in [4.78, 5) is 33.3. The van der Waals surface area contributed by atoms with E-state index in [0.717, 1.165) is 16.1 Å². The first-order valence-electron chi connectivity index (χ1n) is 9.63. The van der Waals surface area contributed by atoms with Crippen molar-refractivity contribution in [1.29, 1.82) is 0 Å². The quantitative estimate of drug-likeness (QED) is 0.547. The molecule has 1 N–H and O–H groups in total. The fourth-order valence-corrected chi connectivity index (χ4v) is 4.79. The normalized spacial score (nSPS) is 18.8. The molecule has 1 aliphatic rings. The Bertz CT molecular complexity index is 1220. The number of thiophene rings is 1. The molecule has 8 heteroatoms. The molecule has 1 aliphatic heterocycles. The van der Waals surface area contributed by atoms with Gasteiger partial charge in [0.25, 0.3) is 0 Å². The highest BCUT2D eigenvalue weighted by Gasteiger charge is 2.45. The Kier molecular flexibility index (Phi) is 4.55. The molecule has 0 bridgehead atoms. The van der Waals surface area contributed by atoms with Gasteiger partial charge in [0.2, 0.25) is 11.8 Å². The van der Waals surface area contributed by atoms with E-state index in [1.165, 1.54) is 0 Å². The summed E-state index contributed by atoms with van der Waals surface area (Å²) in [5, 5.41) is 9.14. The van der Waals surface area contributed by atoms with Gasteiger partial charge in [-0.05, 0) is 36.6 Å². The van der Waals surface area contributed by atoms with Crippen LogP contribution in [0.25, 0.3) is 5.65 Å². The van der Waals surface area contributed by atoms with Gasteiger partial charge in [0, 0.05) is 29.2 Å². The third-order valence-corrected chi connectivity index (χ3v) is 6.29. The lowest BCUT2D eigenvalue weighted by Gasteiger charge is -2.27. The molecule has 150 valence electrons. The minimum atomic E-state index is -0.517. The van der Waals surface area contributed by atoms with Gasteiger partial charge in [-0.25, -0.2) is 4.98 Å². The van der Waals surface area contributed by atoms with Crippen molar-refractivity contribution in [3.63, 3.8) is 0 Å². The van der Waals surface area contributed by atoms with Crippen LogP contribution in [0.1, 0.15) is 22.9 Å². The van der Waals surface area contributed by atoms with Crippen molar-refractivity contribution >= 4 is 40.3 Å². The average molecular weight is 417 g/mol. The van der Waals surface area contributed by atoms with Crippen LogP contribution < -0.4 is 10.2 Å². The van der Waals surface area contributed by atoms with Gasteiger partial charge in [-0.1, -0.05) is 23.8 Å². The first kappa shape index (κ1) is 18.5. The number of hydrogen-bond acceptors (Lipinski definition) is 5. The third kappa shape index (κ3) is 3.15.